The van der Waals surface area contributed by atoms with Gasteiger partial charge in [-0.05, 0) is 33.6 Å². The Morgan fingerprint density at radius 2 is 2.29 bits per heavy atom. The minimum atomic E-state index is 0.103. The van der Waals surface area contributed by atoms with Crippen molar-refractivity contribution in [3.63, 3.8) is 0 Å². The SMILES string of the molecule is COc1nc(Cl)nc(NCc2cc(Br)cs2)n1. The summed E-state index contributed by atoms with van der Waals surface area (Å²) in [5.74, 6) is 0.395. The number of nitrogens with zero attached hydrogens (tertiary/aromatic N) is 3. The molecule has 0 bridgehead atoms. The second-order valence-corrected chi connectivity index (χ2v) is 5.25. The lowest BCUT2D eigenvalue weighted by molar-refractivity contribution is 0.379. The van der Waals surface area contributed by atoms with Gasteiger partial charge < -0.3 is 10.1 Å². The molecule has 0 aliphatic heterocycles. The molecule has 0 spiro atoms. The van der Waals surface area contributed by atoms with Gasteiger partial charge in [-0.3, -0.25) is 0 Å². The van der Waals surface area contributed by atoms with Gasteiger partial charge in [-0.1, -0.05) is 0 Å². The standard InChI is InChI=1S/C9H8BrClN4OS/c1-16-9-14-7(11)13-8(15-9)12-3-6-2-5(10)4-17-6/h2,4H,3H2,1H3,(H,12,13,14,15). The van der Waals surface area contributed by atoms with Crippen LogP contribution in [0.4, 0.5) is 5.95 Å². The first-order chi connectivity index (χ1) is 8.17. The van der Waals surface area contributed by atoms with Crippen molar-refractivity contribution in [3.05, 3.63) is 26.1 Å². The van der Waals surface area contributed by atoms with Crippen LogP contribution in [0.5, 0.6) is 6.01 Å². The summed E-state index contributed by atoms with van der Waals surface area (Å²) in [4.78, 5) is 12.9. The number of methoxy groups -OCH3 is 1. The van der Waals surface area contributed by atoms with Crippen LogP contribution in [0.15, 0.2) is 15.9 Å². The van der Waals surface area contributed by atoms with Gasteiger partial charge in [0.2, 0.25) is 11.2 Å². The van der Waals surface area contributed by atoms with Crippen LogP contribution in [-0.4, -0.2) is 22.1 Å². The molecule has 1 N–H and O–H groups in total. The first kappa shape index (κ1) is 12.5. The predicted octanol–water partition coefficient (Wildman–Crippen LogP) is 2.97. The van der Waals surface area contributed by atoms with Gasteiger partial charge in [-0.25, -0.2) is 0 Å². The molecule has 2 rings (SSSR count). The fraction of sp³-hybridized carbons (Fsp3) is 0.222. The van der Waals surface area contributed by atoms with Crippen molar-refractivity contribution < 1.29 is 4.74 Å². The maximum Gasteiger partial charge on any atom is 0.322 e. The van der Waals surface area contributed by atoms with E-state index in [1.807, 2.05) is 11.4 Å². The van der Waals surface area contributed by atoms with E-state index in [0.717, 1.165) is 9.35 Å². The van der Waals surface area contributed by atoms with Crippen LogP contribution in [0.25, 0.3) is 0 Å². The molecule has 0 atom stereocenters. The Morgan fingerprint density at radius 3 is 2.94 bits per heavy atom. The number of hydrogen-bond acceptors (Lipinski definition) is 6. The fourth-order valence-electron chi connectivity index (χ4n) is 1.11. The van der Waals surface area contributed by atoms with E-state index in [9.17, 15) is 0 Å². The van der Waals surface area contributed by atoms with Gasteiger partial charge in [-0.2, -0.15) is 15.0 Å². The Bertz CT molecular complexity index is 521. The third-order valence-electron chi connectivity index (χ3n) is 1.81. The van der Waals surface area contributed by atoms with Gasteiger partial charge in [0.05, 0.1) is 13.7 Å². The largest absolute Gasteiger partial charge is 0.467 e. The zero-order valence-electron chi connectivity index (χ0n) is 8.78. The van der Waals surface area contributed by atoms with E-state index in [2.05, 4.69) is 36.2 Å². The number of thiophene rings is 1. The summed E-state index contributed by atoms with van der Waals surface area (Å²) >= 11 is 10.8. The van der Waals surface area contributed by atoms with Crippen molar-refractivity contribution in [2.24, 2.45) is 0 Å². The first-order valence-corrected chi connectivity index (χ1v) is 6.65. The summed E-state index contributed by atoms with van der Waals surface area (Å²) in [6.07, 6.45) is 0. The number of nitrogens with one attached hydrogen (secondary N) is 1. The molecule has 2 aromatic heterocycles. The number of halogens is 2. The molecule has 0 unspecified atom stereocenters. The molecule has 0 radical (unpaired) electrons. The molecular formula is C9H8BrClN4OS. The van der Waals surface area contributed by atoms with Crippen molar-refractivity contribution in [2.75, 3.05) is 12.4 Å². The van der Waals surface area contributed by atoms with Gasteiger partial charge in [0.1, 0.15) is 0 Å². The highest BCUT2D eigenvalue weighted by molar-refractivity contribution is 9.10. The van der Waals surface area contributed by atoms with Crippen LogP contribution in [0.3, 0.4) is 0 Å². The quantitative estimate of drug-likeness (QED) is 0.931. The van der Waals surface area contributed by atoms with Crippen LogP contribution in [0.1, 0.15) is 4.88 Å². The third-order valence-corrected chi connectivity index (χ3v) is 3.68. The number of hydrogen-bond donors (Lipinski definition) is 1. The molecule has 17 heavy (non-hydrogen) atoms. The van der Waals surface area contributed by atoms with Crippen LogP contribution in [0.2, 0.25) is 5.28 Å². The molecule has 2 aromatic rings. The van der Waals surface area contributed by atoms with Crippen molar-refractivity contribution in [1.29, 1.82) is 0 Å². The van der Waals surface area contributed by atoms with Gasteiger partial charge in [-0.15, -0.1) is 11.3 Å². The van der Waals surface area contributed by atoms with Gasteiger partial charge in [0.15, 0.2) is 0 Å². The predicted molar refractivity (Wildman–Crippen MR) is 70.7 cm³/mol. The highest BCUT2D eigenvalue weighted by atomic mass is 79.9. The second kappa shape index (κ2) is 5.61. The maximum atomic E-state index is 5.73. The average molecular weight is 336 g/mol. The van der Waals surface area contributed by atoms with Crippen molar-refractivity contribution in [1.82, 2.24) is 15.0 Å². The van der Waals surface area contributed by atoms with Crippen LogP contribution >= 0.6 is 38.9 Å². The van der Waals surface area contributed by atoms with E-state index >= 15 is 0 Å². The molecule has 5 nitrogen and oxygen atoms in total. The number of ether oxygens (including phenoxy) is 1. The molecule has 8 heteroatoms. The molecule has 0 aromatic carbocycles. The van der Waals surface area contributed by atoms with E-state index < -0.39 is 0 Å². The zero-order chi connectivity index (χ0) is 12.3. The summed E-state index contributed by atoms with van der Waals surface area (Å²) in [7, 11) is 1.48. The lowest BCUT2D eigenvalue weighted by Crippen LogP contribution is -2.05. The van der Waals surface area contributed by atoms with Gasteiger partial charge in [0, 0.05) is 14.7 Å². The van der Waals surface area contributed by atoms with E-state index in [1.165, 1.54) is 7.11 Å². The molecule has 2 heterocycles. The van der Waals surface area contributed by atoms with Crippen molar-refractivity contribution in [2.45, 2.75) is 6.54 Å². The topological polar surface area (TPSA) is 59.9 Å². The molecular weight excluding hydrogens is 328 g/mol. The molecule has 0 aliphatic rings. The van der Waals surface area contributed by atoms with Crippen LogP contribution in [0, 0.1) is 0 Å². The number of aromatic nitrogens is 3. The van der Waals surface area contributed by atoms with E-state index in [1.54, 1.807) is 11.3 Å². The summed E-state index contributed by atoms with van der Waals surface area (Å²) in [5.41, 5.74) is 0. The summed E-state index contributed by atoms with van der Waals surface area (Å²) in [6.45, 7) is 0.625. The Balaban J connectivity index is 2.05. The third kappa shape index (κ3) is 3.52. The Labute approximate surface area is 115 Å². The Morgan fingerprint density at radius 1 is 1.47 bits per heavy atom. The molecule has 90 valence electrons. The average Bonchev–Trinajstić information content (AvgIpc) is 2.72. The van der Waals surface area contributed by atoms with Crippen molar-refractivity contribution in [3.8, 4) is 6.01 Å². The van der Waals surface area contributed by atoms with Gasteiger partial charge >= 0.3 is 6.01 Å². The lowest BCUT2D eigenvalue weighted by atomic mass is 10.5. The summed E-state index contributed by atoms with van der Waals surface area (Å²) in [5, 5.41) is 5.17. The number of anilines is 1. The molecule has 0 saturated carbocycles. The fourth-order valence-corrected chi connectivity index (χ4v) is 2.66. The normalized spacial score (nSPS) is 10.3. The molecule has 0 aliphatic carbocycles. The van der Waals surface area contributed by atoms with E-state index in [-0.39, 0.29) is 11.3 Å². The van der Waals surface area contributed by atoms with Crippen LogP contribution < -0.4 is 10.1 Å². The zero-order valence-corrected chi connectivity index (χ0v) is 11.9. The molecule has 0 amide bonds. The highest BCUT2D eigenvalue weighted by Gasteiger charge is 2.05. The minimum absolute atomic E-state index is 0.103. The lowest BCUT2D eigenvalue weighted by Gasteiger charge is -2.04. The first-order valence-electron chi connectivity index (χ1n) is 4.59. The second-order valence-electron chi connectivity index (χ2n) is 3.00. The smallest absolute Gasteiger partial charge is 0.322 e. The van der Waals surface area contributed by atoms with E-state index in [4.69, 9.17) is 16.3 Å². The summed E-state index contributed by atoms with van der Waals surface area (Å²) in [6, 6.07) is 2.22. The van der Waals surface area contributed by atoms with E-state index in [0.29, 0.717) is 12.5 Å². The van der Waals surface area contributed by atoms with Crippen molar-refractivity contribution >= 4 is 44.8 Å². The Hall–Kier alpha value is -0.920. The Kier molecular flexibility index (Phi) is 4.14. The highest BCUT2D eigenvalue weighted by Crippen LogP contribution is 2.20. The molecule has 0 saturated heterocycles. The van der Waals surface area contributed by atoms with Crippen LogP contribution in [-0.2, 0) is 6.54 Å². The monoisotopic (exact) mass is 334 g/mol. The maximum absolute atomic E-state index is 5.73. The minimum Gasteiger partial charge on any atom is -0.467 e. The van der Waals surface area contributed by atoms with Gasteiger partial charge in [0.25, 0.3) is 0 Å². The molecule has 0 fully saturated rings. The summed E-state index contributed by atoms with van der Waals surface area (Å²) < 4.78 is 5.96. The number of rotatable bonds is 4.